The summed E-state index contributed by atoms with van der Waals surface area (Å²) in [5, 5.41) is 8.30. The number of rotatable bonds is 7. The van der Waals surface area contributed by atoms with Crippen LogP contribution in [-0.2, 0) is 6.54 Å². The molecule has 0 aliphatic carbocycles. The van der Waals surface area contributed by atoms with Gasteiger partial charge in [0.15, 0.2) is 0 Å². The first-order valence-corrected chi connectivity index (χ1v) is 10.4. The third-order valence-electron chi connectivity index (χ3n) is 5.85. The summed E-state index contributed by atoms with van der Waals surface area (Å²) in [6, 6.07) is 10.7. The van der Waals surface area contributed by atoms with Gasteiger partial charge >= 0.3 is 0 Å². The molecule has 1 aliphatic rings. The Balaban J connectivity index is 1.46. The molecule has 1 unspecified atom stereocenters. The van der Waals surface area contributed by atoms with Gasteiger partial charge in [0.25, 0.3) is 0 Å². The molecule has 6 heteroatoms. The molecule has 0 bridgehead atoms. The molecule has 0 radical (unpaired) electrons. The van der Waals surface area contributed by atoms with E-state index in [2.05, 4.69) is 28.3 Å². The highest BCUT2D eigenvalue weighted by molar-refractivity contribution is 5.37. The van der Waals surface area contributed by atoms with Crippen LogP contribution in [0.15, 0.2) is 47.1 Å². The number of piperidine rings is 1. The molecule has 1 atom stereocenters. The Bertz CT molecular complexity index is 911. The number of hydrogen-bond donors (Lipinski definition) is 1. The van der Waals surface area contributed by atoms with Crippen LogP contribution < -0.4 is 5.32 Å². The van der Waals surface area contributed by atoms with Crippen molar-refractivity contribution in [3.05, 3.63) is 71.2 Å². The molecule has 1 aliphatic heterocycles. The van der Waals surface area contributed by atoms with Crippen LogP contribution in [0.3, 0.4) is 0 Å². The van der Waals surface area contributed by atoms with Crippen molar-refractivity contribution in [2.45, 2.75) is 45.7 Å². The maximum atomic E-state index is 13.2. The number of furan rings is 1. The predicted molar refractivity (Wildman–Crippen MR) is 112 cm³/mol. The molecule has 1 fully saturated rings. The number of aromatic nitrogens is 2. The number of hydrogen-bond acceptors (Lipinski definition) is 4. The second-order valence-corrected chi connectivity index (χ2v) is 7.80. The summed E-state index contributed by atoms with van der Waals surface area (Å²) in [6.07, 6.45) is 5.57. The van der Waals surface area contributed by atoms with Crippen LogP contribution in [0, 0.1) is 19.7 Å². The van der Waals surface area contributed by atoms with Gasteiger partial charge in [0.05, 0.1) is 23.7 Å². The highest BCUT2D eigenvalue weighted by Gasteiger charge is 2.24. The lowest BCUT2D eigenvalue weighted by molar-refractivity contribution is 0.142. The zero-order valence-electron chi connectivity index (χ0n) is 17.2. The molecule has 0 saturated carbocycles. The number of nitrogens with zero attached hydrogens (tertiary/aromatic N) is 3. The Hall–Kier alpha value is -2.44. The summed E-state index contributed by atoms with van der Waals surface area (Å²) in [5.41, 5.74) is 4.13. The zero-order chi connectivity index (χ0) is 20.2. The van der Waals surface area contributed by atoms with E-state index in [1.165, 1.54) is 37.0 Å². The summed E-state index contributed by atoms with van der Waals surface area (Å²) in [5.74, 6) is 0.786. The number of nitrogens with one attached hydrogen (secondary N) is 1. The van der Waals surface area contributed by atoms with Crippen molar-refractivity contribution < 1.29 is 8.81 Å². The molecule has 4 rings (SSSR count). The van der Waals surface area contributed by atoms with Gasteiger partial charge in [0.1, 0.15) is 11.6 Å². The molecule has 3 aromatic rings. The van der Waals surface area contributed by atoms with Crippen molar-refractivity contribution in [3.8, 4) is 5.69 Å². The molecule has 29 heavy (non-hydrogen) atoms. The first-order valence-electron chi connectivity index (χ1n) is 10.4. The normalized spacial score (nSPS) is 16.2. The van der Waals surface area contributed by atoms with Crippen LogP contribution in [0.5, 0.6) is 0 Å². The lowest BCUT2D eigenvalue weighted by Crippen LogP contribution is -2.38. The standard InChI is InChI=1S/C23H29FN4O/c1-17-21(18(2)28(26-17)20-10-8-19(24)9-11-20)15-25-16-22(23-7-6-14-29-23)27-12-4-3-5-13-27/h6-11,14,22,25H,3-5,12-13,15-16H2,1-2H3. The minimum Gasteiger partial charge on any atom is -0.468 e. The van der Waals surface area contributed by atoms with Crippen molar-refractivity contribution >= 4 is 0 Å². The van der Waals surface area contributed by atoms with Crippen LogP contribution >= 0.6 is 0 Å². The Morgan fingerprint density at radius 2 is 1.86 bits per heavy atom. The highest BCUT2D eigenvalue weighted by Crippen LogP contribution is 2.25. The van der Waals surface area contributed by atoms with Crippen molar-refractivity contribution in [1.29, 1.82) is 0 Å². The van der Waals surface area contributed by atoms with E-state index in [-0.39, 0.29) is 11.9 Å². The Labute approximate surface area is 171 Å². The smallest absolute Gasteiger partial charge is 0.123 e. The number of halogens is 1. The molecule has 3 heterocycles. The second kappa shape index (κ2) is 8.93. The molecular weight excluding hydrogens is 367 g/mol. The molecule has 1 N–H and O–H groups in total. The third kappa shape index (κ3) is 4.43. The van der Waals surface area contributed by atoms with Gasteiger partial charge < -0.3 is 9.73 Å². The van der Waals surface area contributed by atoms with Crippen LogP contribution in [0.25, 0.3) is 5.69 Å². The fourth-order valence-corrected chi connectivity index (χ4v) is 4.22. The first kappa shape index (κ1) is 19.9. The van der Waals surface area contributed by atoms with Crippen molar-refractivity contribution in [2.24, 2.45) is 0 Å². The second-order valence-electron chi connectivity index (χ2n) is 7.80. The van der Waals surface area contributed by atoms with Gasteiger partial charge in [0, 0.05) is 24.3 Å². The molecule has 2 aromatic heterocycles. The average molecular weight is 397 g/mol. The van der Waals surface area contributed by atoms with Crippen LogP contribution in [0.4, 0.5) is 4.39 Å². The molecule has 154 valence electrons. The summed E-state index contributed by atoms with van der Waals surface area (Å²) >= 11 is 0. The topological polar surface area (TPSA) is 46.2 Å². The van der Waals surface area contributed by atoms with Gasteiger partial charge in [-0.15, -0.1) is 0 Å². The van der Waals surface area contributed by atoms with E-state index >= 15 is 0 Å². The van der Waals surface area contributed by atoms with Gasteiger partial charge in [-0.1, -0.05) is 6.42 Å². The molecule has 1 saturated heterocycles. The molecule has 0 amide bonds. The fraction of sp³-hybridized carbons (Fsp3) is 0.435. The Morgan fingerprint density at radius 3 is 2.55 bits per heavy atom. The first-order chi connectivity index (χ1) is 14.1. The fourth-order valence-electron chi connectivity index (χ4n) is 4.22. The predicted octanol–water partition coefficient (Wildman–Crippen LogP) is 4.54. The maximum absolute atomic E-state index is 13.2. The van der Waals surface area contributed by atoms with Gasteiger partial charge in [-0.2, -0.15) is 5.10 Å². The minimum atomic E-state index is -0.237. The molecule has 5 nitrogen and oxygen atoms in total. The molecule has 1 aromatic carbocycles. The number of aryl methyl sites for hydroxylation is 1. The summed E-state index contributed by atoms with van der Waals surface area (Å²) < 4.78 is 20.9. The van der Waals surface area contributed by atoms with Crippen LogP contribution in [0.2, 0.25) is 0 Å². The van der Waals surface area contributed by atoms with E-state index < -0.39 is 0 Å². The SMILES string of the molecule is Cc1nn(-c2ccc(F)cc2)c(C)c1CNCC(c1ccco1)N1CCCCC1. The minimum absolute atomic E-state index is 0.237. The van der Waals surface area contributed by atoms with Gasteiger partial charge in [-0.25, -0.2) is 9.07 Å². The van der Waals surface area contributed by atoms with Gasteiger partial charge in [0.2, 0.25) is 0 Å². The Morgan fingerprint density at radius 1 is 1.10 bits per heavy atom. The largest absolute Gasteiger partial charge is 0.468 e. The highest BCUT2D eigenvalue weighted by atomic mass is 19.1. The van der Waals surface area contributed by atoms with E-state index in [1.54, 1.807) is 18.4 Å². The van der Waals surface area contributed by atoms with Gasteiger partial charge in [-0.3, -0.25) is 4.90 Å². The number of likely N-dealkylation sites (tertiary alicyclic amines) is 1. The van der Waals surface area contributed by atoms with E-state index in [1.807, 2.05) is 17.7 Å². The Kier molecular flexibility index (Phi) is 6.11. The monoisotopic (exact) mass is 396 g/mol. The summed E-state index contributed by atoms with van der Waals surface area (Å²) in [7, 11) is 0. The van der Waals surface area contributed by atoms with Gasteiger partial charge in [-0.05, 0) is 76.2 Å². The maximum Gasteiger partial charge on any atom is 0.123 e. The van der Waals surface area contributed by atoms with E-state index in [0.29, 0.717) is 0 Å². The summed E-state index contributed by atoms with van der Waals surface area (Å²) in [4.78, 5) is 2.52. The summed E-state index contributed by atoms with van der Waals surface area (Å²) in [6.45, 7) is 7.90. The van der Waals surface area contributed by atoms with Crippen molar-refractivity contribution in [2.75, 3.05) is 19.6 Å². The quantitative estimate of drug-likeness (QED) is 0.637. The van der Waals surface area contributed by atoms with Crippen molar-refractivity contribution in [1.82, 2.24) is 20.0 Å². The lowest BCUT2D eigenvalue weighted by atomic mass is 10.1. The van der Waals surface area contributed by atoms with E-state index in [4.69, 9.17) is 4.42 Å². The molecular formula is C23H29FN4O. The number of benzene rings is 1. The van der Waals surface area contributed by atoms with Crippen LogP contribution in [0.1, 0.15) is 48.0 Å². The van der Waals surface area contributed by atoms with Crippen LogP contribution in [-0.4, -0.2) is 34.3 Å². The molecule has 0 spiro atoms. The average Bonchev–Trinajstić information content (AvgIpc) is 3.36. The van der Waals surface area contributed by atoms with E-state index in [9.17, 15) is 4.39 Å². The third-order valence-corrected chi connectivity index (χ3v) is 5.85. The zero-order valence-corrected chi connectivity index (χ0v) is 17.2. The lowest BCUT2D eigenvalue weighted by Gasteiger charge is -2.33. The van der Waals surface area contributed by atoms with Crippen molar-refractivity contribution in [3.63, 3.8) is 0 Å². The van der Waals surface area contributed by atoms with E-state index in [0.717, 1.165) is 49.0 Å².